The van der Waals surface area contributed by atoms with Crippen molar-refractivity contribution in [1.82, 2.24) is 25.1 Å². The van der Waals surface area contributed by atoms with Crippen LogP contribution in [0.25, 0.3) is 0 Å². The fourth-order valence-corrected chi connectivity index (χ4v) is 1.93. The van der Waals surface area contributed by atoms with E-state index in [0.717, 1.165) is 17.8 Å². The number of alkyl halides is 3. The molecule has 0 spiro atoms. The summed E-state index contributed by atoms with van der Waals surface area (Å²) in [6.07, 6.45) is -3.90. The van der Waals surface area contributed by atoms with Crippen LogP contribution in [-0.4, -0.2) is 25.1 Å². The Morgan fingerprint density at radius 2 is 1.95 bits per heavy atom. The average molecular weight is 290 g/mol. The Bertz CT molecular complexity index is 564. The van der Waals surface area contributed by atoms with Crippen molar-refractivity contribution in [2.45, 2.75) is 29.7 Å². The van der Waals surface area contributed by atoms with Gasteiger partial charge in [-0.25, -0.2) is 4.68 Å². The van der Waals surface area contributed by atoms with Crippen molar-refractivity contribution >= 4 is 11.8 Å². The van der Waals surface area contributed by atoms with E-state index in [2.05, 4.69) is 20.4 Å². The predicted octanol–water partition coefficient (Wildman–Crippen LogP) is 1.51. The molecule has 0 aliphatic carbocycles. The molecule has 0 saturated heterocycles. The zero-order valence-electron chi connectivity index (χ0n) is 9.72. The molecule has 0 bridgehead atoms. The molecule has 2 aromatic heterocycles. The molecule has 2 heterocycles. The second kappa shape index (κ2) is 5.03. The lowest BCUT2D eigenvalue weighted by Crippen LogP contribution is -2.13. The molecular formula is C9H9F3N6S. The first-order chi connectivity index (χ1) is 8.91. The first-order valence-corrected chi connectivity index (χ1v) is 6.01. The van der Waals surface area contributed by atoms with Crippen molar-refractivity contribution in [2.24, 2.45) is 0 Å². The lowest BCUT2D eigenvalue weighted by molar-refractivity contribution is -0.141. The van der Waals surface area contributed by atoms with Crippen LogP contribution >= 0.6 is 11.8 Å². The summed E-state index contributed by atoms with van der Waals surface area (Å²) >= 11 is 0.993. The van der Waals surface area contributed by atoms with Crippen LogP contribution in [-0.2, 0) is 12.6 Å². The van der Waals surface area contributed by atoms with Crippen molar-refractivity contribution in [3.8, 4) is 0 Å². The van der Waals surface area contributed by atoms with Gasteiger partial charge < -0.3 is 5.84 Å². The highest BCUT2D eigenvalue weighted by molar-refractivity contribution is 7.99. The summed E-state index contributed by atoms with van der Waals surface area (Å²) in [7, 11) is 0. The third kappa shape index (κ3) is 2.95. The minimum absolute atomic E-state index is 0.259. The van der Waals surface area contributed by atoms with Crippen molar-refractivity contribution in [2.75, 3.05) is 5.84 Å². The number of aromatic nitrogens is 5. The van der Waals surface area contributed by atoms with Crippen LogP contribution in [0.2, 0.25) is 0 Å². The van der Waals surface area contributed by atoms with Gasteiger partial charge in [-0.3, -0.25) is 0 Å². The molecule has 0 fully saturated rings. The molecule has 102 valence electrons. The van der Waals surface area contributed by atoms with E-state index in [0.29, 0.717) is 17.4 Å². The summed E-state index contributed by atoms with van der Waals surface area (Å²) < 4.78 is 38.2. The van der Waals surface area contributed by atoms with Gasteiger partial charge in [-0.05, 0) is 23.9 Å². The second-order valence-electron chi connectivity index (χ2n) is 3.48. The van der Waals surface area contributed by atoms with Gasteiger partial charge in [0.2, 0.25) is 5.16 Å². The summed E-state index contributed by atoms with van der Waals surface area (Å²) in [4.78, 5) is 0. The Morgan fingerprint density at radius 1 is 1.21 bits per heavy atom. The number of hydrogen-bond donors (Lipinski definition) is 1. The van der Waals surface area contributed by atoms with Crippen LogP contribution in [0.1, 0.15) is 18.4 Å². The molecular weight excluding hydrogens is 281 g/mol. The van der Waals surface area contributed by atoms with E-state index in [1.165, 1.54) is 10.7 Å². The van der Waals surface area contributed by atoms with E-state index in [1.54, 1.807) is 0 Å². The summed E-state index contributed by atoms with van der Waals surface area (Å²) in [5, 5.41) is 14.8. The minimum Gasteiger partial charge on any atom is -0.336 e. The molecule has 0 aliphatic heterocycles. The molecule has 0 atom stereocenters. The average Bonchev–Trinajstić information content (AvgIpc) is 2.70. The maximum Gasteiger partial charge on any atom is 0.435 e. The van der Waals surface area contributed by atoms with E-state index < -0.39 is 11.9 Å². The zero-order valence-corrected chi connectivity index (χ0v) is 10.5. The Balaban J connectivity index is 2.17. The topological polar surface area (TPSA) is 82.5 Å². The fraction of sp³-hybridized carbons (Fsp3) is 0.333. The van der Waals surface area contributed by atoms with Gasteiger partial charge in [0.15, 0.2) is 11.5 Å². The molecule has 0 radical (unpaired) electrons. The van der Waals surface area contributed by atoms with Gasteiger partial charge in [0, 0.05) is 6.42 Å². The largest absolute Gasteiger partial charge is 0.435 e. The van der Waals surface area contributed by atoms with E-state index in [-0.39, 0.29) is 5.03 Å². The monoisotopic (exact) mass is 290 g/mol. The molecule has 2 aromatic rings. The number of nitrogens with zero attached hydrogens (tertiary/aromatic N) is 5. The maximum atomic E-state index is 12.3. The number of aryl methyl sites for hydroxylation is 1. The van der Waals surface area contributed by atoms with E-state index in [9.17, 15) is 13.2 Å². The molecule has 0 amide bonds. The van der Waals surface area contributed by atoms with Gasteiger partial charge in [0.05, 0.1) is 0 Å². The summed E-state index contributed by atoms with van der Waals surface area (Å²) in [5.41, 5.74) is -1.04. The van der Waals surface area contributed by atoms with Crippen molar-refractivity contribution < 1.29 is 13.2 Å². The van der Waals surface area contributed by atoms with Crippen LogP contribution in [0, 0.1) is 0 Å². The third-order valence-electron chi connectivity index (χ3n) is 2.18. The molecule has 0 unspecified atom stereocenters. The van der Waals surface area contributed by atoms with E-state index >= 15 is 0 Å². The Kier molecular flexibility index (Phi) is 3.60. The molecule has 10 heteroatoms. The Hall–Kier alpha value is -1.84. The highest BCUT2D eigenvalue weighted by atomic mass is 32.2. The Labute approximate surface area is 110 Å². The fourth-order valence-electron chi connectivity index (χ4n) is 1.24. The van der Waals surface area contributed by atoms with Crippen LogP contribution in [0.5, 0.6) is 0 Å². The standard InChI is InChI=1S/C9H9F3N6S/c1-2-6-15-17-8(18(6)13)19-7-4-3-5(14-16-7)9(10,11)12/h3-4H,2,13H2,1H3. The van der Waals surface area contributed by atoms with Gasteiger partial charge in [-0.2, -0.15) is 13.2 Å². The summed E-state index contributed by atoms with van der Waals surface area (Å²) in [6, 6.07) is 2.06. The summed E-state index contributed by atoms with van der Waals surface area (Å²) in [5.74, 6) is 6.28. The predicted molar refractivity (Wildman–Crippen MR) is 60.7 cm³/mol. The molecule has 6 nitrogen and oxygen atoms in total. The first-order valence-electron chi connectivity index (χ1n) is 5.20. The number of nitrogens with two attached hydrogens (primary N) is 1. The molecule has 0 aliphatic rings. The molecule has 2 rings (SSSR count). The second-order valence-corrected chi connectivity index (χ2v) is 4.47. The van der Waals surface area contributed by atoms with Gasteiger partial charge in [0.1, 0.15) is 5.03 Å². The molecule has 2 N–H and O–H groups in total. The van der Waals surface area contributed by atoms with Gasteiger partial charge in [0.25, 0.3) is 0 Å². The highest BCUT2D eigenvalue weighted by Crippen LogP contribution is 2.29. The third-order valence-corrected chi connectivity index (χ3v) is 3.07. The van der Waals surface area contributed by atoms with E-state index in [4.69, 9.17) is 5.84 Å². The van der Waals surface area contributed by atoms with Crippen molar-refractivity contribution in [3.05, 3.63) is 23.7 Å². The van der Waals surface area contributed by atoms with Crippen LogP contribution < -0.4 is 5.84 Å². The number of rotatable bonds is 3. The summed E-state index contributed by atoms with van der Waals surface area (Å²) in [6.45, 7) is 1.86. The normalized spacial score (nSPS) is 11.8. The van der Waals surface area contributed by atoms with Crippen molar-refractivity contribution in [3.63, 3.8) is 0 Å². The number of halogens is 3. The highest BCUT2D eigenvalue weighted by Gasteiger charge is 2.32. The molecule has 0 saturated carbocycles. The number of hydrogen-bond acceptors (Lipinski definition) is 6. The van der Waals surface area contributed by atoms with E-state index in [1.807, 2.05) is 6.92 Å². The lowest BCUT2D eigenvalue weighted by Gasteiger charge is -2.05. The quantitative estimate of drug-likeness (QED) is 0.863. The molecule has 0 aromatic carbocycles. The Morgan fingerprint density at radius 3 is 2.42 bits per heavy atom. The van der Waals surface area contributed by atoms with Crippen molar-refractivity contribution in [1.29, 1.82) is 0 Å². The minimum atomic E-state index is -4.50. The number of nitrogen functional groups attached to an aromatic ring is 1. The van der Waals surface area contributed by atoms with Gasteiger partial charge in [-0.1, -0.05) is 6.92 Å². The smallest absolute Gasteiger partial charge is 0.336 e. The maximum absolute atomic E-state index is 12.3. The van der Waals surface area contributed by atoms with Crippen LogP contribution in [0.15, 0.2) is 22.3 Å². The van der Waals surface area contributed by atoms with Crippen LogP contribution in [0.4, 0.5) is 13.2 Å². The van der Waals surface area contributed by atoms with Gasteiger partial charge in [-0.15, -0.1) is 20.4 Å². The lowest BCUT2D eigenvalue weighted by atomic mass is 10.4. The molecule has 19 heavy (non-hydrogen) atoms. The van der Waals surface area contributed by atoms with Crippen LogP contribution in [0.3, 0.4) is 0 Å². The first kappa shape index (κ1) is 13.6. The zero-order chi connectivity index (χ0) is 14.0. The SMILES string of the molecule is CCc1nnc(Sc2ccc(C(F)(F)F)nn2)n1N. The van der Waals surface area contributed by atoms with Gasteiger partial charge >= 0.3 is 6.18 Å².